The van der Waals surface area contributed by atoms with Crippen LogP contribution in [0.25, 0.3) is 12.2 Å². The Morgan fingerprint density at radius 1 is 1.06 bits per heavy atom. The van der Waals surface area contributed by atoms with E-state index >= 15 is 0 Å². The van der Waals surface area contributed by atoms with Crippen LogP contribution in [0, 0.1) is 0 Å². The van der Waals surface area contributed by atoms with Gasteiger partial charge in [0.25, 0.3) is 0 Å². The monoisotopic (exact) mass is 302 g/mol. The molecule has 0 aliphatic heterocycles. The molecule has 1 heterocycles. The summed E-state index contributed by atoms with van der Waals surface area (Å²) < 4.78 is 1.01. The highest BCUT2D eigenvalue weighted by atomic mass is 79.9. The maximum atomic E-state index is 4.04. The molecule has 18 heavy (non-hydrogen) atoms. The maximum absolute atomic E-state index is 4.04. The summed E-state index contributed by atoms with van der Waals surface area (Å²) in [4.78, 5) is 6.13. The summed E-state index contributed by atoms with van der Waals surface area (Å²) in [6.45, 7) is 0. The first-order valence-electron chi connectivity index (χ1n) is 5.72. The summed E-state index contributed by atoms with van der Waals surface area (Å²) in [7, 11) is 4.08. The van der Waals surface area contributed by atoms with Crippen molar-refractivity contribution in [3.8, 4) is 0 Å². The van der Waals surface area contributed by atoms with Gasteiger partial charge in [0.1, 0.15) is 0 Å². The number of benzene rings is 1. The normalized spacial score (nSPS) is 10.8. The lowest BCUT2D eigenvalue weighted by Crippen LogP contribution is -2.07. The second kappa shape index (κ2) is 5.83. The van der Waals surface area contributed by atoms with Crippen LogP contribution in [0.5, 0.6) is 0 Å². The van der Waals surface area contributed by atoms with Gasteiger partial charge in [-0.05, 0) is 45.3 Å². The number of rotatable bonds is 3. The third-order valence-electron chi connectivity index (χ3n) is 2.67. The minimum atomic E-state index is 1.01. The third-order valence-corrected chi connectivity index (χ3v) is 3.33. The van der Waals surface area contributed by atoms with E-state index < -0.39 is 0 Å². The molecule has 2 aromatic rings. The standard InChI is InChI=1S/C15H15BrN2/c1-18(2)14-7-4-12(5-8-14)3-6-13-9-10-17-11-15(13)16/h3-11H,1-2H3/b6-3+. The van der Waals surface area contributed by atoms with Crippen molar-refractivity contribution in [3.63, 3.8) is 0 Å². The van der Waals surface area contributed by atoms with Crippen LogP contribution in [-0.2, 0) is 0 Å². The fraction of sp³-hybridized carbons (Fsp3) is 0.133. The predicted octanol–water partition coefficient (Wildman–Crippen LogP) is 4.08. The number of pyridine rings is 1. The molecule has 1 aromatic heterocycles. The molecule has 0 amide bonds. The van der Waals surface area contributed by atoms with Crippen molar-refractivity contribution in [3.05, 3.63) is 58.3 Å². The first-order valence-corrected chi connectivity index (χ1v) is 6.51. The van der Waals surface area contributed by atoms with Crippen LogP contribution in [-0.4, -0.2) is 19.1 Å². The zero-order chi connectivity index (χ0) is 13.0. The lowest BCUT2D eigenvalue weighted by Gasteiger charge is -2.11. The number of anilines is 1. The molecule has 0 radical (unpaired) electrons. The van der Waals surface area contributed by atoms with E-state index in [2.05, 4.69) is 62.2 Å². The van der Waals surface area contributed by atoms with Crippen LogP contribution in [0.3, 0.4) is 0 Å². The molecule has 2 rings (SSSR count). The molecular weight excluding hydrogens is 288 g/mol. The molecule has 0 fully saturated rings. The molecule has 0 N–H and O–H groups in total. The van der Waals surface area contributed by atoms with Gasteiger partial charge in [-0.1, -0.05) is 24.3 Å². The minimum Gasteiger partial charge on any atom is -0.378 e. The highest BCUT2D eigenvalue weighted by Crippen LogP contribution is 2.18. The van der Waals surface area contributed by atoms with Gasteiger partial charge in [0, 0.05) is 36.6 Å². The molecule has 0 unspecified atom stereocenters. The Labute approximate surface area is 116 Å². The van der Waals surface area contributed by atoms with Crippen molar-refractivity contribution in [2.24, 2.45) is 0 Å². The van der Waals surface area contributed by atoms with Gasteiger partial charge in [-0.15, -0.1) is 0 Å². The van der Waals surface area contributed by atoms with E-state index in [0.29, 0.717) is 0 Å². The van der Waals surface area contributed by atoms with Crippen molar-refractivity contribution in [2.75, 3.05) is 19.0 Å². The second-order valence-corrected chi connectivity index (χ2v) is 5.07. The van der Waals surface area contributed by atoms with E-state index in [1.54, 1.807) is 12.4 Å². The number of hydrogen-bond donors (Lipinski definition) is 0. The van der Waals surface area contributed by atoms with Crippen LogP contribution in [0.2, 0.25) is 0 Å². The fourth-order valence-electron chi connectivity index (χ4n) is 1.59. The summed E-state index contributed by atoms with van der Waals surface area (Å²) >= 11 is 3.48. The molecule has 3 heteroatoms. The Kier molecular flexibility index (Phi) is 4.15. The Hall–Kier alpha value is -1.61. The Balaban J connectivity index is 2.17. The quantitative estimate of drug-likeness (QED) is 0.849. The maximum Gasteiger partial charge on any atom is 0.0431 e. The summed E-state index contributed by atoms with van der Waals surface area (Å²) in [6.07, 6.45) is 7.77. The molecule has 0 atom stereocenters. The molecule has 2 nitrogen and oxygen atoms in total. The van der Waals surface area contributed by atoms with E-state index in [1.807, 2.05) is 20.2 Å². The Morgan fingerprint density at radius 3 is 2.39 bits per heavy atom. The summed E-state index contributed by atoms with van der Waals surface area (Å²) in [5.74, 6) is 0. The topological polar surface area (TPSA) is 16.1 Å². The summed E-state index contributed by atoms with van der Waals surface area (Å²) in [5, 5.41) is 0. The fourth-order valence-corrected chi connectivity index (χ4v) is 1.97. The molecular formula is C15H15BrN2. The van der Waals surface area contributed by atoms with Crippen LogP contribution >= 0.6 is 15.9 Å². The van der Waals surface area contributed by atoms with Crippen LogP contribution < -0.4 is 4.90 Å². The van der Waals surface area contributed by atoms with Crippen molar-refractivity contribution >= 4 is 33.8 Å². The van der Waals surface area contributed by atoms with Crippen molar-refractivity contribution in [1.29, 1.82) is 0 Å². The Bertz CT molecular complexity index is 545. The van der Waals surface area contributed by atoms with E-state index in [9.17, 15) is 0 Å². The number of aromatic nitrogens is 1. The van der Waals surface area contributed by atoms with Gasteiger partial charge < -0.3 is 4.90 Å². The molecule has 0 aliphatic carbocycles. The molecule has 92 valence electrons. The third kappa shape index (κ3) is 3.20. The number of hydrogen-bond acceptors (Lipinski definition) is 2. The highest BCUT2D eigenvalue weighted by molar-refractivity contribution is 9.10. The highest BCUT2D eigenvalue weighted by Gasteiger charge is 1.95. The predicted molar refractivity (Wildman–Crippen MR) is 81.6 cm³/mol. The first kappa shape index (κ1) is 12.8. The lowest BCUT2D eigenvalue weighted by atomic mass is 10.1. The minimum absolute atomic E-state index is 1.01. The molecule has 0 saturated carbocycles. The van der Waals surface area contributed by atoms with Gasteiger partial charge in [-0.3, -0.25) is 4.98 Å². The van der Waals surface area contributed by atoms with Crippen molar-refractivity contribution in [1.82, 2.24) is 4.98 Å². The van der Waals surface area contributed by atoms with Crippen LogP contribution in [0.1, 0.15) is 11.1 Å². The number of nitrogens with zero attached hydrogens (tertiary/aromatic N) is 2. The summed E-state index contributed by atoms with van der Waals surface area (Å²) in [5.41, 5.74) is 3.52. The first-order chi connectivity index (χ1) is 8.66. The van der Waals surface area contributed by atoms with Gasteiger partial charge in [0.2, 0.25) is 0 Å². The van der Waals surface area contributed by atoms with E-state index in [-0.39, 0.29) is 0 Å². The van der Waals surface area contributed by atoms with E-state index in [0.717, 1.165) is 10.0 Å². The van der Waals surface area contributed by atoms with Gasteiger partial charge in [0.05, 0.1) is 0 Å². The lowest BCUT2D eigenvalue weighted by molar-refractivity contribution is 1.13. The smallest absolute Gasteiger partial charge is 0.0431 e. The van der Waals surface area contributed by atoms with Gasteiger partial charge in [-0.25, -0.2) is 0 Å². The zero-order valence-corrected chi connectivity index (χ0v) is 12.1. The molecule has 0 bridgehead atoms. The average molecular weight is 303 g/mol. The van der Waals surface area contributed by atoms with E-state index in [1.165, 1.54) is 11.3 Å². The average Bonchev–Trinajstić information content (AvgIpc) is 2.38. The SMILES string of the molecule is CN(C)c1ccc(/C=C/c2ccncc2Br)cc1. The van der Waals surface area contributed by atoms with Crippen LogP contribution in [0.4, 0.5) is 5.69 Å². The van der Waals surface area contributed by atoms with Crippen molar-refractivity contribution < 1.29 is 0 Å². The van der Waals surface area contributed by atoms with E-state index in [4.69, 9.17) is 0 Å². The van der Waals surface area contributed by atoms with Gasteiger partial charge in [0.15, 0.2) is 0 Å². The Morgan fingerprint density at radius 2 is 1.78 bits per heavy atom. The zero-order valence-electron chi connectivity index (χ0n) is 10.5. The largest absolute Gasteiger partial charge is 0.378 e. The molecule has 0 spiro atoms. The second-order valence-electron chi connectivity index (χ2n) is 4.22. The summed E-state index contributed by atoms with van der Waals surface area (Å²) in [6, 6.07) is 10.4. The molecule has 1 aromatic carbocycles. The van der Waals surface area contributed by atoms with Gasteiger partial charge >= 0.3 is 0 Å². The van der Waals surface area contributed by atoms with Crippen molar-refractivity contribution in [2.45, 2.75) is 0 Å². The number of halogens is 1. The molecule has 0 aliphatic rings. The van der Waals surface area contributed by atoms with Crippen LogP contribution in [0.15, 0.2) is 47.2 Å². The molecule has 0 saturated heterocycles. The van der Waals surface area contributed by atoms with Gasteiger partial charge in [-0.2, -0.15) is 0 Å².